The van der Waals surface area contributed by atoms with Crippen LogP contribution in [-0.4, -0.2) is 46.4 Å². The Kier molecular flexibility index (Phi) is 5.29. The lowest BCUT2D eigenvalue weighted by Crippen LogP contribution is -2.48. The van der Waals surface area contributed by atoms with Crippen LogP contribution >= 0.6 is 11.8 Å². The monoisotopic (exact) mass is 330 g/mol. The Balaban J connectivity index is 2.25. The lowest BCUT2D eigenvalue weighted by atomic mass is 10.2. The minimum Gasteiger partial charge on any atom is -0.340 e. The van der Waals surface area contributed by atoms with Crippen molar-refractivity contribution in [3.8, 4) is 6.19 Å². The second-order valence-corrected chi connectivity index (χ2v) is 6.04. The van der Waals surface area contributed by atoms with E-state index in [1.165, 1.54) is 18.8 Å². The van der Waals surface area contributed by atoms with Gasteiger partial charge in [0, 0.05) is 30.8 Å². The molecule has 2 amide bonds. The van der Waals surface area contributed by atoms with E-state index in [0.717, 1.165) is 15.8 Å². The van der Waals surface area contributed by atoms with Crippen LogP contribution in [0.3, 0.4) is 0 Å². The summed E-state index contributed by atoms with van der Waals surface area (Å²) in [4.78, 5) is 25.6. The molecule has 0 bridgehead atoms. The predicted molar refractivity (Wildman–Crippen MR) is 90.9 cm³/mol. The third-order valence-electron chi connectivity index (χ3n) is 3.60. The summed E-state index contributed by atoms with van der Waals surface area (Å²) >= 11 is 1.43. The van der Waals surface area contributed by atoms with Crippen molar-refractivity contribution >= 4 is 34.5 Å². The average Bonchev–Trinajstić information content (AvgIpc) is 2.90. The normalized spacial score (nSPS) is 11.7. The highest BCUT2D eigenvalue weighted by molar-refractivity contribution is 7.98. The Morgan fingerprint density at radius 3 is 2.74 bits per heavy atom. The zero-order valence-corrected chi connectivity index (χ0v) is 14.1. The van der Waals surface area contributed by atoms with Crippen molar-refractivity contribution < 1.29 is 9.59 Å². The molecule has 0 aliphatic rings. The Labute approximate surface area is 139 Å². The number of nitrogens with one attached hydrogen (secondary N) is 1. The molecule has 6 nitrogen and oxygen atoms in total. The van der Waals surface area contributed by atoms with Crippen LogP contribution in [0.2, 0.25) is 0 Å². The smallest absolute Gasteiger partial charge is 0.268 e. The summed E-state index contributed by atoms with van der Waals surface area (Å²) in [5, 5.41) is 12.5. The largest absolute Gasteiger partial charge is 0.340 e. The fourth-order valence-corrected chi connectivity index (χ4v) is 2.92. The van der Waals surface area contributed by atoms with Gasteiger partial charge in [-0.1, -0.05) is 18.2 Å². The number of amides is 2. The fraction of sp³-hybridized carbons (Fsp3) is 0.312. The van der Waals surface area contributed by atoms with Crippen LogP contribution < -0.4 is 5.32 Å². The number of aryl methyl sites for hydroxylation is 1. The maximum atomic E-state index is 12.5. The van der Waals surface area contributed by atoms with Crippen LogP contribution in [0.5, 0.6) is 0 Å². The number of thioether (sulfide) groups is 1. The van der Waals surface area contributed by atoms with E-state index in [4.69, 9.17) is 5.26 Å². The van der Waals surface area contributed by atoms with Crippen LogP contribution in [0.15, 0.2) is 30.3 Å². The second-order valence-electron chi connectivity index (χ2n) is 5.13. The van der Waals surface area contributed by atoms with Crippen LogP contribution in [-0.2, 0) is 11.8 Å². The van der Waals surface area contributed by atoms with Gasteiger partial charge in [-0.25, -0.2) is 0 Å². The third-order valence-corrected chi connectivity index (χ3v) is 4.27. The SMILES string of the molecule is CSCC(NC(=O)c1cc2ccccc2n1C)C(=O)N(C)C#N. The van der Waals surface area contributed by atoms with Gasteiger partial charge in [0.1, 0.15) is 11.7 Å². The minimum atomic E-state index is -0.736. The first-order chi connectivity index (χ1) is 11.0. The number of nitriles is 1. The number of hydrogen-bond donors (Lipinski definition) is 1. The highest BCUT2D eigenvalue weighted by Crippen LogP contribution is 2.18. The number of fused-ring (bicyclic) bond motifs is 1. The summed E-state index contributed by atoms with van der Waals surface area (Å²) < 4.78 is 1.79. The third kappa shape index (κ3) is 3.48. The first kappa shape index (κ1) is 16.9. The predicted octanol–water partition coefficient (Wildman–Crippen LogP) is 1.58. The van der Waals surface area contributed by atoms with Gasteiger partial charge in [0.2, 0.25) is 0 Å². The lowest BCUT2D eigenvalue weighted by Gasteiger charge is -2.19. The first-order valence-corrected chi connectivity index (χ1v) is 8.40. The number of para-hydroxylation sites is 1. The molecule has 1 unspecified atom stereocenters. The molecule has 0 spiro atoms. The van der Waals surface area contributed by atoms with Crippen molar-refractivity contribution in [2.45, 2.75) is 6.04 Å². The summed E-state index contributed by atoms with van der Waals surface area (Å²) in [5.74, 6) is -0.350. The molecule has 0 aliphatic heterocycles. The van der Waals surface area contributed by atoms with E-state index in [1.807, 2.05) is 37.6 Å². The number of hydrogen-bond acceptors (Lipinski definition) is 4. The number of carbonyl (C=O) groups excluding carboxylic acids is 2. The van der Waals surface area contributed by atoms with Crippen LogP contribution in [0.1, 0.15) is 10.5 Å². The van der Waals surface area contributed by atoms with Gasteiger partial charge in [0.05, 0.1) is 0 Å². The molecule has 1 heterocycles. The molecule has 1 aromatic heterocycles. The standard InChI is InChI=1S/C16H18N4O2S/c1-19(10-17)16(22)12(9-23-3)18-15(21)14-8-11-6-4-5-7-13(11)20(14)2/h4-8,12H,9H2,1-3H3,(H,18,21). The van der Waals surface area contributed by atoms with E-state index >= 15 is 0 Å². The topological polar surface area (TPSA) is 78.1 Å². The Bertz CT molecular complexity index is 778. The lowest BCUT2D eigenvalue weighted by molar-refractivity contribution is -0.128. The summed E-state index contributed by atoms with van der Waals surface area (Å²) in [6, 6.07) is 8.73. The first-order valence-electron chi connectivity index (χ1n) is 7.01. The maximum Gasteiger partial charge on any atom is 0.268 e. The molecular weight excluding hydrogens is 312 g/mol. The zero-order valence-electron chi connectivity index (χ0n) is 13.2. The molecule has 0 saturated carbocycles. The molecule has 7 heteroatoms. The van der Waals surface area contributed by atoms with Crippen molar-refractivity contribution in [2.24, 2.45) is 7.05 Å². The molecule has 0 radical (unpaired) electrons. The van der Waals surface area contributed by atoms with E-state index in [9.17, 15) is 9.59 Å². The highest BCUT2D eigenvalue weighted by atomic mass is 32.2. The molecule has 0 saturated heterocycles. The van der Waals surface area contributed by atoms with Gasteiger partial charge in [-0.15, -0.1) is 0 Å². The summed E-state index contributed by atoms with van der Waals surface area (Å²) in [6.45, 7) is 0. The molecule has 2 rings (SSSR count). The number of carbonyl (C=O) groups is 2. The second kappa shape index (κ2) is 7.20. The van der Waals surface area contributed by atoms with Gasteiger partial charge in [0.25, 0.3) is 11.8 Å². The fourth-order valence-electron chi connectivity index (χ4n) is 2.36. The number of aromatic nitrogens is 1. The van der Waals surface area contributed by atoms with Crippen molar-refractivity contribution in [3.63, 3.8) is 0 Å². The van der Waals surface area contributed by atoms with Gasteiger partial charge in [-0.05, 0) is 18.4 Å². The van der Waals surface area contributed by atoms with Gasteiger partial charge >= 0.3 is 0 Å². The van der Waals surface area contributed by atoms with Crippen molar-refractivity contribution in [1.29, 1.82) is 5.26 Å². The van der Waals surface area contributed by atoms with Crippen LogP contribution in [0.4, 0.5) is 0 Å². The Morgan fingerprint density at radius 1 is 1.43 bits per heavy atom. The van der Waals surface area contributed by atoms with Crippen molar-refractivity contribution in [1.82, 2.24) is 14.8 Å². The number of nitrogens with zero attached hydrogens (tertiary/aromatic N) is 3. The van der Waals surface area contributed by atoms with Gasteiger partial charge < -0.3 is 9.88 Å². The quantitative estimate of drug-likeness (QED) is 0.667. The van der Waals surface area contributed by atoms with E-state index < -0.39 is 11.9 Å². The van der Waals surface area contributed by atoms with Crippen molar-refractivity contribution in [3.05, 3.63) is 36.0 Å². The maximum absolute atomic E-state index is 12.5. The average molecular weight is 330 g/mol. The van der Waals surface area contributed by atoms with E-state index in [1.54, 1.807) is 16.8 Å². The summed E-state index contributed by atoms with van der Waals surface area (Å²) in [5.41, 5.74) is 1.42. The van der Waals surface area contributed by atoms with Crippen molar-refractivity contribution in [2.75, 3.05) is 19.1 Å². The van der Waals surface area contributed by atoms with Gasteiger partial charge in [0.15, 0.2) is 6.19 Å². The van der Waals surface area contributed by atoms with Crippen LogP contribution in [0.25, 0.3) is 10.9 Å². The van der Waals surface area contributed by atoms with E-state index in [-0.39, 0.29) is 5.91 Å². The molecule has 0 aliphatic carbocycles. The zero-order chi connectivity index (χ0) is 17.0. The molecular formula is C16H18N4O2S. The van der Waals surface area contributed by atoms with Crippen LogP contribution in [0, 0.1) is 11.5 Å². The minimum absolute atomic E-state index is 0.331. The number of rotatable bonds is 5. The van der Waals surface area contributed by atoms with Gasteiger partial charge in [-0.2, -0.15) is 17.0 Å². The molecule has 0 fully saturated rings. The molecule has 1 atom stereocenters. The molecule has 2 aromatic rings. The summed E-state index contributed by atoms with van der Waals surface area (Å²) in [6.07, 6.45) is 3.61. The molecule has 120 valence electrons. The van der Waals surface area contributed by atoms with E-state index in [0.29, 0.717) is 11.4 Å². The number of benzene rings is 1. The molecule has 1 N–H and O–H groups in total. The molecule has 23 heavy (non-hydrogen) atoms. The molecule has 1 aromatic carbocycles. The van der Waals surface area contributed by atoms with E-state index in [2.05, 4.69) is 5.32 Å². The summed E-state index contributed by atoms with van der Waals surface area (Å²) in [7, 11) is 3.20. The number of likely N-dealkylation sites (N-methyl/N-ethyl adjacent to an activating group) is 1. The Hall–Kier alpha value is -2.46. The van der Waals surface area contributed by atoms with Gasteiger partial charge in [-0.3, -0.25) is 14.5 Å². The highest BCUT2D eigenvalue weighted by Gasteiger charge is 2.25. The Morgan fingerprint density at radius 2 is 2.13 bits per heavy atom.